The molecular weight excluding hydrogens is 350 g/mol. The summed E-state index contributed by atoms with van der Waals surface area (Å²) in [6.45, 7) is 7.72. The molecule has 0 unspecified atom stereocenters. The largest absolute Gasteiger partial charge is 0.354 e. The molecule has 24 heavy (non-hydrogen) atoms. The second kappa shape index (κ2) is 10.7. The summed E-state index contributed by atoms with van der Waals surface area (Å²) in [4.78, 5) is 12.0. The van der Waals surface area contributed by atoms with E-state index in [1.165, 1.54) is 7.05 Å². The summed E-state index contributed by atoms with van der Waals surface area (Å²) in [6, 6.07) is 4.98. The lowest BCUT2D eigenvalue weighted by Gasteiger charge is -2.17. The number of halogens is 1. The van der Waals surface area contributed by atoms with Crippen LogP contribution in [0, 0.1) is 13.8 Å². The predicted octanol–water partition coefficient (Wildman–Crippen LogP) is 1.46. The second-order valence-corrected chi connectivity index (χ2v) is 7.65. The van der Waals surface area contributed by atoms with Gasteiger partial charge in [0.2, 0.25) is 15.9 Å². The maximum absolute atomic E-state index is 12.5. The van der Waals surface area contributed by atoms with Gasteiger partial charge in [-0.25, -0.2) is 8.42 Å². The Bertz CT molecular complexity index is 635. The van der Waals surface area contributed by atoms with Crippen LogP contribution in [0.3, 0.4) is 0 Å². The third kappa shape index (κ3) is 6.76. The number of benzene rings is 1. The van der Waals surface area contributed by atoms with E-state index in [-0.39, 0.29) is 29.8 Å². The number of aryl methyl sites for hydroxylation is 2. The van der Waals surface area contributed by atoms with Crippen LogP contribution in [0.2, 0.25) is 0 Å². The Morgan fingerprint density at radius 1 is 1.12 bits per heavy atom. The molecule has 138 valence electrons. The Morgan fingerprint density at radius 2 is 1.79 bits per heavy atom. The van der Waals surface area contributed by atoms with E-state index in [1.54, 1.807) is 18.2 Å². The first-order valence-electron chi connectivity index (χ1n) is 7.80. The highest BCUT2D eigenvalue weighted by Crippen LogP contribution is 2.17. The number of rotatable bonds is 9. The van der Waals surface area contributed by atoms with Crippen LogP contribution in [-0.4, -0.2) is 51.9 Å². The number of hydrogen-bond donors (Lipinski definition) is 2. The molecule has 6 nitrogen and oxygen atoms in total. The molecule has 1 rings (SSSR count). The Hall–Kier alpha value is -1.15. The number of hydrogen-bond acceptors (Lipinski definition) is 4. The van der Waals surface area contributed by atoms with E-state index in [0.29, 0.717) is 13.1 Å². The molecule has 0 saturated carbocycles. The number of nitrogens with one attached hydrogen (secondary N) is 2. The summed E-state index contributed by atoms with van der Waals surface area (Å²) in [6.07, 6.45) is 1.03. The van der Waals surface area contributed by atoms with Crippen LogP contribution in [-0.2, 0) is 14.8 Å². The highest BCUT2D eigenvalue weighted by atomic mass is 35.5. The minimum Gasteiger partial charge on any atom is -0.354 e. The van der Waals surface area contributed by atoms with Gasteiger partial charge in [-0.2, -0.15) is 4.31 Å². The average Bonchev–Trinajstić information content (AvgIpc) is 2.49. The highest BCUT2D eigenvalue weighted by molar-refractivity contribution is 7.89. The van der Waals surface area contributed by atoms with Crippen molar-refractivity contribution in [1.29, 1.82) is 0 Å². The number of carbonyl (C=O) groups is 1. The van der Waals surface area contributed by atoms with Gasteiger partial charge in [-0.15, -0.1) is 12.4 Å². The van der Waals surface area contributed by atoms with E-state index in [9.17, 15) is 13.2 Å². The zero-order valence-corrected chi connectivity index (χ0v) is 16.4. The highest BCUT2D eigenvalue weighted by Gasteiger charge is 2.23. The number of carbonyl (C=O) groups excluding carboxylic acids is 1. The topological polar surface area (TPSA) is 78.5 Å². The van der Waals surface area contributed by atoms with Crippen LogP contribution in [0.5, 0.6) is 0 Å². The fourth-order valence-corrected chi connectivity index (χ4v) is 3.20. The van der Waals surface area contributed by atoms with E-state index in [0.717, 1.165) is 28.4 Å². The summed E-state index contributed by atoms with van der Waals surface area (Å²) >= 11 is 0. The van der Waals surface area contributed by atoms with Gasteiger partial charge in [-0.3, -0.25) is 4.79 Å². The first-order valence-corrected chi connectivity index (χ1v) is 9.24. The summed E-state index contributed by atoms with van der Waals surface area (Å²) < 4.78 is 26.0. The summed E-state index contributed by atoms with van der Waals surface area (Å²) in [5, 5.41) is 5.87. The molecule has 0 bridgehead atoms. The molecule has 1 aromatic carbocycles. The van der Waals surface area contributed by atoms with E-state index in [2.05, 4.69) is 17.6 Å². The van der Waals surface area contributed by atoms with Gasteiger partial charge in [-0.1, -0.05) is 13.0 Å². The van der Waals surface area contributed by atoms with Crippen molar-refractivity contribution in [2.45, 2.75) is 32.1 Å². The molecule has 0 aromatic heterocycles. The molecule has 0 fully saturated rings. The van der Waals surface area contributed by atoms with Gasteiger partial charge < -0.3 is 10.6 Å². The fourth-order valence-electron chi connectivity index (χ4n) is 1.99. The molecule has 1 amide bonds. The van der Waals surface area contributed by atoms with Crippen molar-refractivity contribution in [3.8, 4) is 0 Å². The molecule has 0 radical (unpaired) electrons. The Morgan fingerprint density at radius 3 is 2.38 bits per heavy atom. The molecule has 0 saturated heterocycles. The molecule has 2 N–H and O–H groups in total. The number of likely N-dealkylation sites (N-methyl/N-ethyl adjacent to an activating group) is 1. The van der Waals surface area contributed by atoms with Gasteiger partial charge in [-0.05, 0) is 50.1 Å². The SMILES string of the molecule is CCCNCCNC(=O)CN(C)S(=O)(=O)c1ccc(C)c(C)c1.Cl. The minimum absolute atomic E-state index is 0. The maximum atomic E-state index is 12.5. The first-order chi connectivity index (χ1) is 10.8. The minimum atomic E-state index is -3.66. The lowest BCUT2D eigenvalue weighted by molar-refractivity contribution is -0.121. The summed E-state index contributed by atoms with van der Waals surface area (Å²) in [5.74, 6) is -0.307. The standard InChI is InChI=1S/C16H27N3O3S.ClH/c1-5-8-17-9-10-18-16(20)12-19(4)23(21,22)15-7-6-13(2)14(3)11-15;/h6-7,11,17H,5,8-10,12H2,1-4H3,(H,18,20);1H. The van der Waals surface area contributed by atoms with E-state index < -0.39 is 10.0 Å². The Kier molecular flexibility index (Phi) is 10.1. The summed E-state index contributed by atoms with van der Waals surface area (Å²) in [5.41, 5.74) is 1.94. The third-order valence-corrected chi connectivity index (χ3v) is 5.40. The van der Waals surface area contributed by atoms with Gasteiger partial charge in [0.1, 0.15) is 0 Å². The number of amides is 1. The monoisotopic (exact) mass is 377 g/mol. The van der Waals surface area contributed by atoms with Crippen LogP contribution in [0.15, 0.2) is 23.1 Å². The molecule has 0 aliphatic rings. The Labute approximate surface area is 151 Å². The van der Waals surface area contributed by atoms with Crippen molar-refractivity contribution in [1.82, 2.24) is 14.9 Å². The molecule has 0 aliphatic carbocycles. The van der Waals surface area contributed by atoms with Crippen molar-refractivity contribution < 1.29 is 13.2 Å². The van der Waals surface area contributed by atoms with Crippen LogP contribution in [0.4, 0.5) is 0 Å². The smallest absolute Gasteiger partial charge is 0.243 e. The number of nitrogens with zero attached hydrogens (tertiary/aromatic N) is 1. The summed E-state index contributed by atoms with van der Waals surface area (Å²) in [7, 11) is -2.24. The lowest BCUT2D eigenvalue weighted by Crippen LogP contribution is -2.40. The van der Waals surface area contributed by atoms with E-state index in [4.69, 9.17) is 0 Å². The van der Waals surface area contributed by atoms with Gasteiger partial charge in [0, 0.05) is 20.1 Å². The van der Waals surface area contributed by atoms with Crippen LogP contribution < -0.4 is 10.6 Å². The third-order valence-electron chi connectivity index (χ3n) is 3.60. The Balaban J connectivity index is 0.00000529. The maximum Gasteiger partial charge on any atom is 0.243 e. The van der Waals surface area contributed by atoms with Crippen molar-refractivity contribution in [2.24, 2.45) is 0 Å². The predicted molar refractivity (Wildman–Crippen MR) is 99.2 cm³/mol. The zero-order valence-electron chi connectivity index (χ0n) is 14.8. The second-order valence-electron chi connectivity index (χ2n) is 5.61. The van der Waals surface area contributed by atoms with Gasteiger partial charge >= 0.3 is 0 Å². The van der Waals surface area contributed by atoms with Crippen LogP contribution in [0.25, 0.3) is 0 Å². The fraction of sp³-hybridized carbons (Fsp3) is 0.562. The average molecular weight is 378 g/mol. The number of sulfonamides is 1. The van der Waals surface area contributed by atoms with E-state index in [1.807, 2.05) is 13.8 Å². The van der Waals surface area contributed by atoms with Crippen LogP contribution in [0.1, 0.15) is 24.5 Å². The lowest BCUT2D eigenvalue weighted by atomic mass is 10.1. The quantitative estimate of drug-likeness (QED) is 0.638. The van der Waals surface area contributed by atoms with Crippen molar-refractivity contribution >= 4 is 28.3 Å². The first kappa shape index (κ1) is 22.9. The molecule has 1 aromatic rings. The van der Waals surface area contributed by atoms with Crippen molar-refractivity contribution in [3.63, 3.8) is 0 Å². The molecule has 0 heterocycles. The zero-order chi connectivity index (χ0) is 17.5. The molecular formula is C16H28ClN3O3S. The van der Waals surface area contributed by atoms with Gasteiger partial charge in [0.05, 0.1) is 11.4 Å². The molecule has 8 heteroatoms. The normalized spacial score (nSPS) is 11.2. The molecule has 0 spiro atoms. The van der Waals surface area contributed by atoms with E-state index >= 15 is 0 Å². The van der Waals surface area contributed by atoms with Gasteiger partial charge in [0.25, 0.3) is 0 Å². The van der Waals surface area contributed by atoms with Crippen LogP contribution >= 0.6 is 12.4 Å². The van der Waals surface area contributed by atoms with Crippen molar-refractivity contribution in [3.05, 3.63) is 29.3 Å². The molecule has 0 atom stereocenters. The molecule has 0 aliphatic heterocycles. The van der Waals surface area contributed by atoms with Gasteiger partial charge in [0.15, 0.2) is 0 Å². The van der Waals surface area contributed by atoms with Crippen molar-refractivity contribution in [2.75, 3.05) is 33.2 Å².